The predicted octanol–water partition coefficient (Wildman–Crippen LogP) is 4.79. The molecule has 1 atom stereocenters. The van der Waals surface area contributed by atoms with Crippen LogP contribution in [-0.4, -0.2) is 41.1 Å². The lowest BCUT2D eigenvalue weighted by atomic mass is 9.89. The van der Waals surface area contributed by atoms with Crippen molar-refractivity contribution in [3.05, 3.63) is 59.4 Å². The van der Waals surface area contributed by atoms with Crippen LogP contribution < -0.4 is 4.74 Å². The number of hydrogen-bond donors (Lipinski definition) is 1. The molecule has 1 aromatic heterocycles. The number of aromatic nitrogens is 2. The van der Waals surface area contributed by atoms with E-state index in [1.165, 1.54) is 0 Å². The smallest absolute Gasteiger partial charge is 0.167 e. The highest BCUT2D eigenvalue weighted by molar-refractivity contribution is 6.01. The van der Waals surface area contributed by atoms with Gasteiger partial charge < -0.3 is 4.74 Å². The molecule has 2 heterocycles. The summed E-state index contributed by atoms with van der Waals surface area (Å²) in [6.45, 7) is 6.94. The molecule has 2 aromatic carbocycles. The number of piperidine rings is 1. The Kier molecular flexibility index (Phi) is 5.67. The molecule has 0 bridgehead atoms. The summed E-state index contributed by atoms with van der Waals surface area (Å²) in [6.07, 6.45) is 2.00. The number of methoxy groups -OCH3 is 1. The van der Waals surface area contributed by atoms with Crippen molar-refractivity contribution in [1.29, 1.82) is 0 Å². The van der Waals surface area contributed by atoms with Crippen molar-refractivity contribution < 1.29 is 9.53 Å². The summed E-state index contributed by atoms with van der Waals surface area (Å²) in [5.41, 5.74) is 3.03. The molecule has 0 unspecified atom stereocenters. The molecular weight excluding hydrogens is 362 g/mol. The first-order valence-corrected chi connectivity index (χ1v) is 10.4. The standard InChI is InChI=1S/C24H29N3O2/c1-16(2)23-13-21(25-26-23)15-27-10-4-5-20(14-27)24(28)19-7-6-18-12-22(29-3)9-8-17(18)11-19/h6-9,11-13,16,20H,4-5,10,14-15H2,1-3H3,(H,25,26)/t20-/m1/s1. The maximum Gasteiger partial charge on any atom is 0.167 e. The van der Waals surface area contributed by atoms with E-state index in [9.17, 15) is 4.79 Å². The molecule has 5 nitrogen and oxygen atoms in total. The Morgan fingerprint density at radius 3 is 2.76 bits per heavy atom. The topological polar surface area (TPSA) is 58.2 Å². The van der Waals surface area contributed by atoms with Gasteiger partial charge in [0.25, 0.3) is 0 Å². The highest BCUT2D eigenvalue weighted by Gasteiger charge is 2.27. The van der Waals surface area contributed by atoms with Gasteiger partial charge in [0.1, 0.15) is 5.75 Å². The van der Waals surface area contributed by atoms with Crippen molar-refractivity contribution in [3.63, 3.8) is 0 Å². The Morgan fingerprint density at radius 2 is 2.00 bits per heavy atom. The average Bonchev–Trinajstić information content (AvgIpc) is 3.21. The van der Waals surface area contributed by atoms with Crippen LogP contribution in [0.3, 0.4) is 0 Å². The van der Waals surface area contributed by atoms with E-state index in [0.717, 1.165) is 65.9 Å². The van der Waals surface area contributed by atoms with Gasteiger partial charge in [0.2, 0.25) is 0 Å². The maximum absolute atomic E-state index is 13.2. The first-order valence-electron chi connectivity index (χ1n) is 10.4. The molecule has 1 aliphatic rings. The second-order valence-electron chi connectivity index (χ2n) is 8.34. The number of likely N-dealkylation sites (tertiary alicyclic amines) is 1. The van der Waals surface area contributed by atoms with Crippen LogP contribution in [0, 0.1) is 5.92 Å². The summed E-state index contributed by atoms with van der Waals surface area (Å²) in [6, 6.07) is 14.1. The Balaban J connectivity index is 1.45. The van der Waals surface area contributed by atoms with E-state index < -0.39 is 0 Å². The van der Waals surface area contributed by atoms with E-state index in [4.69, 9.17) is 4.74 Å². The van der Waals surface area contributed by atoms with Crippen molar-refractivity contribution in [2.45, 2.75) is 39.2 Å². The van der Waals surface area contributed by atoms with Gasteiger partial charge in [-0.15, -0.1) is 0 Å². The van der Waals surface area contributed by atoms with Gasteiger partial charge in [-0.2, -0.15) is 5.10 Å². The van der Waals surface area contributed by atoms with Gasteiger partial charge in [0.05, 0.1) is 12.8 Å². The molecule has 0 spiro atoms. The zero-order chi connectivity index (χ0) is 20.4. The summed E-state index contributed by atoms with van der Waals surface area (Å²) in [4.78, 5) is 15.6. The second-order valence-corrected chi connectivity index (χ2v) is 8.34. The number of benzene rings is 2. The molecule has 0 aliphatic carbocycles. The number of rotatable bonds is 6. The quantitative estimate of drug-likeness (QED) is 0.614. The number of fused-ring (bicyclic) bond motifs is 1. The van der Waals surface area contributed by atoms with E-state index in [2.05, 4.69) is 35.0 Å². The summed E-state index contributed by atoms with van der Waals surface area (Å²) in [5, 5.41) is 9.71. The van der Waals surface area contributed by atoms with E-state index in [1.54, 1.807) is 7.11 Å². The number of carbonyl (C=O) groups excluding carboxylic acids is 1. The number of carbonyl (C=O) groups is 1. The number of hydrogen-bond acceptors (Lipinski definition) is 4. The number of ketones is 1. The molecule has 152 valence electrons. The van der Waals surface area contributed by atoms with Crippen LogP contribution in [0.15, 0.2) is 42.5 Å². The van der Waals surface area contributed by atoms with Crippen LogP contribution in [-0.2, 0) is 6.54 Å². The molecule has 1 N–H and O–H groups in total. The number of nitrogens with one attached hydrogen (secondary N) is 1. The molecule has 5 heteroatoms. The van der Waals surface area contributed by atoms with Gasteiger partial charge in [-0.1, -0.05) is 32.0 Å². The number of H-pyrrole nitrogens is 1. The first-order chi connectivity index (χ1) is 14.0. The Hall–Kier alpha value is -2.66. The number of nitrogens with zero attached hydrogens (tertiary/aromatic N) is 2. The van der Waals surface area contributed by atoms with Gasteiger partial charge in [-0.25, -0.2) is 0 Å². The molecule has 0 saturated carbocycles. The summed E-state index contributed by atoms with van der Waals surface area (Å²) in [7, 11) is 1.67. The molecular formula is C24H29N3O2. The van der Waals surface area contributed by atoms with Crippen LogP contribution in [0.4, 0.5) is 0 Å². The molecule has 3 aromatic rings. The fraction of sp³-hybridized carbons (Fsp3) is 0.417. The SMILES string of the molecule is COc1ccc2cc(C(=O)[C@@H]3CCCN(Cc4cc(C(C)C)n[nH]4)C3)ccc2c1. The van der Waals surface area contributed by atoms with Gasteiger partial charge in [-0.05, 0) is 60.3 Å². The Bertz CT molecular complexity index is 1010. The van der Waals surface area contributed by atoms with Crippen LogP contribution in [0.5, 0.6) is 5.75 Å². The van der Waals surface area contributed by atoms with Crippen LogP contribution in [0.25, 0.3) is 10.8 Å². The minimum atomic E-state index is 0.0481. The maximum atomic E-state index is 13.2. The number of aromatic amines is 1. The Labute approximate surface area is 172 Å². The molecule has 1 fully saturated rings. The fourth-order valence-corrected chi connectivity index (χ4v) is 4.15. The van der Waals surface area contributed by atoms with E-state index in [-0.39, 0.29) is 11.7 Å². The number of ether oxygens (including phenoxy) is 1. The Morgan fingerprint density at radius 1 is 1.21 bits per heavy atom. The van der Waals surface area contributed by atoms with Crippen LogP contribution in [0.2, 0.25) is 0 Å². The predicted molar refractivity (Wildman–Crippen MR) is 116 cm³/mol. The van der Waals surface area contributed by atoms with Crippen molar-refractivity contribution in [2.75, 3.05) is 20.2 Å². The lowest BCUT2D eigenvalue weighted by Gasteiger charge is -2.31. The molecule has 0 amide bonds. The zero-order valence-corrected chi connectivity index (χ0v) is 17.4. The summed E-state index contributed by atoms with van der Waals surface area (Å²) in [5.74, 6) is 1.55. The van der Waals surface area contributed by atoms with Crippen molar-refractivity contribution >= 4 is 16.6 Å². The monoisotopic (exact) mass is 391 g/mol. The highest BCUT2D eigenvalue weighted by atomic mass is 16.5. The molecule has 0 radical (unpaired) electrons. The van der Waals surface area contributed by atoms with Crippen LogP contribution in [0.1, 0.15) is 54.4 Å². The number of Topliss-reactive ketones (excluding diaryl/α,β-unsaturated/α-hetero) is 1. The third kappa shape index (κ3) is 4.35. The lowest BCUT2D eigenvalue weighted by Crippen LogP contribution is -2.38. The molecule has 29 heavy (non-hydrogen) atoms. The van der Waals surface area contributed by atoms with Gasteiger partial charge >= 0.3 is 0 Å². The minimum Gasteiger partial charge on any atom is -0.497 e. The molecule has 1 saturated heterocycles. The van der Waals surface area contributed by atoms with Crippen molar-refractivity contribution in [1.82, 2.24) is 15.1 Å². The minimum absolute atomic E-state index is 0.0481. The van der Waals surface area contributed by atoms with Crippen LogP contribution >= 0.6 is 0 Å². The molecule has 4 rings (SSSR count). The third-order valence-electron chi connectivity index (χ3n) is 5.84. The van der Waals surface area contributed by atoms with E-state index in [1.807, 2.05) is 36.4 Å². The zero-order valence-electron chi connectivity index (χ0n) is 17.4. The largest absolute Gasteiger partial charge is 0.497 e. The summed E-state index contributed by atoms with van der Waals surface area (Å²) >= 11 is 0. The van der Waals surface area contributed by atoms with E-state index in [0.29, 0.717) is 5.92 Å². The van der Waals surface area contributed by atoms with Gasteiger partial charge in [0, 0.05) is 30.3 Å². The third-order valence-corrected chi connectivity index (χ3v) is 5.84. The first kappa shape index (κ1) is 19.6. The normalized spacial score (nSPS) is 17.7. The van der Waals surface area contributed by atoms with Crippen molar-refractivity contribution in [2.24, 2.45) is 5.92 Å². The second kappa shape index (κ2) is 8.37. The highest BCUT2D eigenvalue weighted by Crippen LogP contribution is 2.26. The van der Waals surface area contributed by atoms with E-state index >= 15 is 0 Å². The molecule has 1 aliphatic heterocycles. The lowest BCUT2D eigenvalue weighted by molar-refractivity contribution is 0.0810. The van der Waals surface area contributed by atoms with Crippen molar-refractivity contribution in [3.8, 4) is 5.75 Å². The summed E-state index contributed by atoms with van der Waals surface area (Å²) < 4.78 is 5.29. The van der Waals surface area contributed by atoms with Gasteiger partial charge in [-0.3, -0.25) is 14.8 Å². The average molecular weight is 392 g/mol. The fourth-order valence-electron chi connectivity index (χ4n) is 4.15. The van der Waals surface area contributed by atoms with Gasteiger partial charge in [0.15, 0.2) is 5.78 Å².